The van der Waals surface area contributed by atoms with Crippen molar-refractivity contribution in [2.24, 2.45) is 17.8 Å². The molecule has 0 saturated carbocycles. The van der Waals surface area contributed by atoms with Gasteiger partial charge in [0, 0.05) is 25.7 Å². The highest BCUT2D eigenvalue weighted by Gasteiger charge is 2.30. The van der Waals surface area contributed by atoms with Crippen LogP contribution in [0.3, 0.4) is 0 Å². The van der Waals surface area contributed by atoms with Crippen LogP contribution in [0.25, 0.3) is 0 Å². The highest BCUT2D eigenvalue weighted by Crippen LogP contribution is 2.45. The fourth-order valence-corrected chi connectivity index (χ4v) is 11.3. The quantitative estimate of drug-likeness (QED) is 0.0222. The molecule has 0 aliphatic carbocycles. The maximum Gasteiger partial charge on any atom is 0.472 e. The first kappa shape index (κ1) is 83.1. The number of carbonyl (C=O) groups excluding carboxylic acids is 4. The molecule has 0 aliphatic rings. The molecule has 4 unspecified atom stereocenters. The van der Waals surface area contributed by atoms with Crippen molar-refractivity contribution in [2.45, 2.75) is 343 Å². The second kappa shape index (κ2) is 57.2. The van der Waals surface area contributed by atoms with E-state index in [0.29, 0.717) is 31.6 Å². The Morgan fingerprint density at radius 3 is 0.894 bits per heavy atom. The van der Waals surface area contributed by atoms with Crippen LogP contribution >= 0.6 is 15.6 Å². The van der Waals surface area contributed by atoms with E-state index in [0.717, 1.165) is 108 Å². The van der Waals surface area contributed by atoms with Crippen molar-refractivity contribution < 1.29 is 80.2 Å². The summed E-state index contributed by atoms with van der Waals surface area (Å²) in [5.41, 5.74) is 0. The average Bonchev–Trinajstić information content (AvgIpc) is 3.58. The van der Waals surface area contributed by atoms with Crippen LogP contribution in [0.15, 0.2) is 0 Å². The van der Waals surface area contributed by atoms with Crippen molar-refractivity contribution in [3.63, 3.8) is 0 Å². The third kappa shape index (κ3) is 58.2. The zero-order valence-corrected chi connectivity index (χ0v) is 56.9. The molecule has 3 N–H and O–H groups in total. The van der Waals surface area contributed by atoms with Gasteiger partial charge in [-0.3, -0.25) is 37.3 Å². The molecule has 0 rings (SSSR count). The highest BCUT2D eigenvalue weighted by molar-refractivity contribution is 7.47. The molecule has 85 heavy (non-hydrogen) atoms. The number of hydrogen-bond donors (Lipinski definition) is 3. The predicted molar refractivity (Wildman–Crippen MR) is 340 cm³/mol. The number of ether oxygens (including phenoxy) is 4. The van der Waals surface area contributed by atoms with Gasteiger partial charge in [-0.1, -0.05) is 273 Å². The molecule has 0 aromatic rings. The van der Waals surface area contributed by atoms with Crippen molar-refractivity contribution in [1.82, 2.24) is 0 Å². The van der Waals surface area contributed by atoms with Gasteiger partial charge in [0.05, 0.1) is 26.4 Å². The van der Waals surface area contributed by atoms with E-state index in [2.05, 4.69) is 48.5 Å². The minimum atomic E-state index is -4.95. The summed E-state index contributed by atoms with van der Waals surface area (Å²) < 4.78 is 68.1. The smallest absolute Gasteiger partial charge is 0.462 e. The predicted octanol–water partition coefficient (Wildman–Crippen LogP) is 18.3. The lowest BCUT2D eigenvalue weighted by molar-refractivity contribution is -0.161. The molecule has 0 fully saturated rings. The molecule has 0 saturated heterocycles. The van der Waals surface area contributed by atoms with Crippen LogP contribution in [-0.2, 0) is 65.4 Å². The highest BCUT2D eigenvalue weighted by atomic mass is 31.2. The van der Waals surface area contributed by atoms with Crippen LogP contribution in [0.1, 0.15) is 325 Å². The van der Waals surface area contributed by atoms with Gasteiger partial charge in [-0.05, 0) is 43.4 Å². The van der Waals surface area contributed by atoms with Crippen molar-refractivity contribution in [2.75, 3.05) is 39.6 Å². The number of aliphatic hydroxyl groups is 1. The molecule has 0 aliphatic heterocycles. The number of phosphoric ester groups is 2. The van der Waals surface area contributed by atoms with Crippen LogP contribution in [0.2, 0.25) is 0 Å². The zero-order valence-electron chi connectivity index (χ0n) is 55.1. The van der Waals surface area contributed by atoms with E-state index in [1.807, 2.05) is 0 Å². The largest absolute Gasteiger partial charge is 0.472 e. The first-order valence-corrected chi connectivity index (χ1v) is 37.4. The van der Waals surface area contributed by atoms with Crippen LogP contribution in [0.5, 0.6) is 0 Å². The maximum absolute atomic E-state index is 13.0. The van der Waals surface area contributed by atoms with E-state index < -0.39 is 97.5 Å². The van der Waals surface area contributed by atoms with Crippen LogP contribution in [-0.4, -0.2) is 96.7 Å². The summed E-state index contributed by atoms with van der Waals surface area (Å²) in [5.74, 6) is 0.0921. The Kier molecular flexibility index (Phi) is 55.9. The standard InChI is InChI=1S/C66H128O17P2/c1-8-11-12-13-14-15-16-17-18-26-35-42-49-65(70)82-62(54-77-64(69)48-41-34-29-28-30-37-44-57(4)5)56-81-85(74,75)79-52-60(67)51-78-84(72,73)80-55-61(83-66(71)50-43-36-27-22-20-24-32-39-46-59(7)10-3)53-76-63(68)47-40-33-25-21-19-23-31-38-45-58(6)9-2/h57-62,67H,8-56H2,1-7H3,(H,72,73)(H,74,75)/t58?,59?,60-,61-,62-/m1/s1. The Hall–Kier alpha value is -1.94. The summed E-state index contributed by atoms with van der Waals surface area (Å²) in [6.07, 6.45) is 38.9. The Bertz CT molecular complexity index is 1690. The Balaban J connectivity index is 5.26. The molecule has 19 heteroatoms. The Morgan fingerprint density at radius 2 is 0.600 bits per heavy atom. The molecule has 17 nitrogen and oxygen atoms in total. The molecule has 0 spiro atoms. The summed E-state index contributed by atoms with van der Waals surface area (Å²) in [4.78, 5) is 72.3. The SMILES string of the molecule is CCCCCCCCCCCCCCC(=O)O[C@H](COC(=O)CCCCCCCCC(C)C)COP(=O)(O)OC[C@H](O)COP(=O)(O)OC[C@@H](COC(=O)CCCCCCCCCCC(C)CC)OC(=O)CCCCCCCCCCC(C)CC. The fraction of sp³-hybridized carbons (Fsp3) is 0.939. The average molecular weight is 1260 g/mol. The van der Waals surface area contributed by atoms with Gasteiger partial charge < -0.3 is 33.8 Å². The van der Waals surface area contributed by atoms with E-state index >= 15 is 0 Å². The molecule has 0 amide bonds. The topological polar surface area (TPSA) is 237 Å². The summed E-state index contributed by atoms with van der Waals surface area (Å²) >= 11 is 0. The number of esters is 4. The molecular weight excluding hydrogens is 1130 g/mol. The summed E-state index contributed by atoms with van der Waals surface area (Å²) in [6.45, 7) is 11.7. The maximum atomic E-state index is 13.0. The minimum Gasteiger partial charge on any atom is -0.462 e. The normalized spacial score (nSPS) is 15.0. The molecule has 7 atom stereocenters. The lowest BCUT2D eigenvalue weighted by Gasteiger charge is -2.21. The summed E-state index contributed by atoms with van der Waals surface area (Å²) in [5, 5.41) is 10.6. The number of hydrogen-bond acceptors (Lipinski definition) is 15. The lowest BCUT2D eigenvalue weighted by Crippen LogP contribution is -2.30. The van der Waals surface area contributed by atoms with E-state index in [1.165, 1.54) is 128 Å². The number of rotatable bonds is 64. The van der Waals surface area contributed by atoms with Gasteiger partial charge in [0.1, 0.15) is 19.3 Å². The lowest BCUT2D eigenvalue weighted by atomic mass is 9.99. The van der Waals surface area contributed by atoms with E-state index in [9.17, 15) is 43.2 Å². The number of aliphatic hydroxyl groups excluding tert-OH is 1. The number of unbranched alkanes of at least 4 members (excludes halogenated alkanes) is 30. The molecule has 0 aromatic carbocycles. The molecule has 504 valence electrons. The Labute approximate surface area is 517 Å². The second-order valence-electron chi connectivity index (χ2n) is 24.8. The Morgan fingerprint density at radius 1 is 0.341 bits per heavy atom. The van der Waals surface area contributed by atoms with Gasteiger partial charge in [-0.2, -0.15) is 0 Å². The van der Waals surface area contributed by atoms with Gasteiger partial charge in [-0.15, -0.1) is 0 Å². The molecule has 0 aromatic heterocycles. The van der Waals surface area contributed by atoms with Crippen molar-refractivity contribution in [3.05, 3.63) is 0 Å². The molecule has 0 radical (unpaired) electrons. The first-order chi connectivity index (χ1) is 40.8. The van der Waals surface area contributed by atoms with Crippen molar-refractivity contribution in [3.8, 4) is 0 Å². The third-order valence-electron chi connectivity index (χ3n) is 15.9. The third-order valence-corrected chi connectivity index (χ3v) is 17.8. The summed E-state index contributed by atoms with van der Waals surface area (Å²) in [6, 6.07) is 0. The molecule has 0 bridgehead atoms. The second-order valence-corrected chi connectivity index (χ2v) is 27.7. The number of phosphoric acid groups is 2. The van der Waals surface area contributed by atoms with Crippen LogP contribution < -0.4 is 0 Å². The zero-order chi connectivity index (χ0) is 63.1. The van der Waals surface area contributed by atoms with Gasteiger partial charge in [0.15, 0.2) is 12.2 Å². The number of carbonyl (C=O) groups is 4. The molecule has 0 heterocycles. The van der Waals surface area contributed by atoms with Crippen molar-refractivity contribution in [1.29, 1.82) is 0 Å². The van der Waals surface area contributed by atoms with Crippen LogP contribution in [0, 0.1) is 17.8 Å². The summed E-state index contributed by atoms with van der Waals surface area (Å²) in [7, 11) is -9.89. The van der Waals surface area contributed by atoms with E-state index in [4.69, 9.17) is 37.0 Å². The minimum absolute atomic E-state index is 0.104. The fourth-order valence-electron chi connectivity index (χ4n) is 9.77. The van der Waals surface area contributed by atoms with Gasteiger partial charge in [0.2, 0.25) is 0 Å². The molecular formula is C66H128O17P2. The monoisotopic (exact) mass is 1250 g/mol. The van der Waals surface area contributed by atoms with Gasteiger partial charge in [-0.25, -0.2) is 9.13 Å². The van der Waals surface area contributed by atoms with Gasteiger partial charge >= 0.3 is 39.5 Å². The van der Waals surface area contributed by atoms with Gasteiger partial charge in [0.25, 0.3) is 0 Å². The van der Waals surface area contributed by atoms with E-state index in [1.54, 1.807) is 0 Å². The van der Waals surface area contributed by atoms with Crippen LogP contribution in [0.4, 0.5) is 0 Å². The van der Waals surface area contributed by atoms with Crippen molar-refractivity contribution >= 4 is 39.5 Å². The first-order valence-electron chi connectivity index (χ1n) is 34.4. The van der Waals surface area contributed by atoms with E-state index in [-0.39, 0.29) is 25.7 Å².